The van der Waals surface area contributed by atoms with Gasteiger partial charge in [0.15, 0.2) is 5.58 Å². The van der Waals surface area contributed by atoms with E-state index in [1.54, 1.807) is 30.3 Å². The second kappa shape index (κ2) is 11.0. The number of benzene rings is 3. The fourth-order valence-electron chi connectivity index (χ4n) is 4.02. The van der Waals surface area contributed by atoms with Crippen LogP contribution in [0.2, 0.25) is 0 Å². The number of rotatable bonds is 10. The van der Waals surface area contributed by atoms with Crippen LogP contribution in [0.15, 0.2) is 68.5 Å². The van der Waals surface area contributed by atoms with E-state index in [-0.39, 0.29) is 23.1 Å². The first-order chi connectivity index (χ1) is 17.3. The molecule has 0 spiro atoms. The van der Waals surface area contributed by atoms with Crippen molar-refractivity contribution < 1.29 is 22.5 Å². The Labute approximate surface area is 220 Å². The summed E-state index contributed by atoms with van der Waals surface area (Å²) >= 11 is 3.44. The van der Waals surface area contributed by atoms with E-state index >= 15 is 0 Å². The van der Waals surface area contributed by atoms with Crippen LogP contribution in [-0.2, 0) is 40.7 Å². The summed E-state index contributed by atoms with van der Waals surface area (Å²) in [7, 11) is -2.82. The average molecular weight is 574 g/mol. The van der Waals surface area contributed by atoms with Crippen LogP contribution in [0.5, 0.6) is 5.75 Å². The van der Waals surface area contributed by atoms with E-state index in [1.807, 2.05) is 25.1 Å². The summed E-state index contributed by atoms with van der Waals surface area (Å²) in [5.74, 6) is 0.259. The molecule has 0 atom stereocenters. The maximum atomic E-state index is 14.1. The summed E-state index contributed by atoms with van der Waals surface area (Å²) in [4.78, 5) is 6.07. The lowest BCUT2D eigenvalue weighted by Gasteiger charge is -2.23. The molecule has 0 fully saturated rings. The van der Waals surface area contributed by atoms with Crippen molar-refractivity contribution in [3.8, 4) is 5.75 Å². The van der Waals surface area contributed by atoms with Crippen molar-refractivity contribution in [2.24, 2.45) is 0 Å². The Kier molecular flexibility index (Phi) is 8.02. The van der Waals surface area contributed by atoms with Gasteiger partial charge in [-0.15, -0.1) is 4.47 Å². The van der Waals surface area contributed by atoms with E-state index < -0.39 is 10.0 Å². The molecular weight excluding hydrogens is 544 g/mol. The van der Waals surface area contributed by atoms with Crippen molar-refractivity contribution in [2.45, 2.75) is 51.5 Å². The predicted molar refractivity (Wildman–Crippen MR) is 144 cm³/mol. The zero-order valence-corrected chi connectivity index (χ0v) is 23.1. The topological polar surface area (TPSA) is 81.9 Å². The summed E-state index contributed by atoms with van der Waals surface area (Å²) in [6, 6.07) is 16.6. The van der Waals surface area contributed by atoms with Crippen molar-refractivity contribution in [3.63, 3.8) is 0 Å². The van der Waals surface area contributed by atoms with Crippen molar-refractivity contribution in [3.05, 3.63) is 81.3 Å². The quantitative estimate of drug-likeness (QED) is 0.199. The maximum Gasteiger partial charge on any atom is 0.292 e. The Morgan fingerprint density at radius 3 is 2.36 bits per heavy atom. The smallest absolute Gasteiger partial charge is 0.292 e. The Balaban J connectivity index is 1.84. The van der Waals surface area contributed by atoms with Crippen LogP contribution < -0.4 is 9.21 Å². The maximum absolute atomic E-state index is 14.1. The fourth-order valence-corrected chi connectivity index (χ4v) is 5.90. The number of halogens is 1. The highest BCUT2D eigenvalue weighted by Gasteiger charge is 2.34. The highest BCUT2D eigenvalue weighted by atomic mass is 79.9. The third kappa shape index (κ3) is 5.00. The van der Waals surface area contributed by atoms with E-state index in [0.717, 1.165) is 34.0 Å². The predicted octanol–water partition coefficient (Wildman–Crippen LogP) is 6.61. The molecule has 0 saturated heterocycles. The molecule has 190 valence electrons. The van der Waals surface area contributed by atoms with Crippen LogP contribution in [0.3, 0.4) is 0 Å². The molecule has 1 heterocycles. The standard InChI is InChI=1S/C27H29BrN2O5S/c1-5-18-11-13-21(20(7-3)15-18)17-34-30(27-22-9-8-10-23(28)26(22)35-29-27)36(31,32)25-16-19(6-2)12-14-24(25)33-4/h8-16H,5-7,17H2,1-4H3. The van der Waals surface area contributed by atoms with Gasteiger partial charge in [0.05, 0.1) is 17.0 Å². The molecule has 0 aliphatic carbocycles. The van der Waals surface area contributed by atoms with Gasteiger partial charge in [-0.05, 0) is 81.7 Å². The molecule has 1 aromatic heterocycles. The third-order valence-corrected chi connectivity index (χ3v) is 8.35. The van der Waals surface area contributed by atoms with Crippen LogP contribution in [0.1, 0.15) is 43.0 Å². The second-order valence-electron chi connectivity index (χ2n) is 8.28. The van der Waals surface area contributed by atoms with E-state index in [4.69, 9.17) is 14.1 Å². The molecule has 4 rings (SSSR count). The highest BCUT2D eigenvalue weighted by molar-refractivity contribution is 9.10. The van der Waals surface area contributed by atoms with Gasteiger partial charge >= 0.3 is 0 Å². The molecule has 0 N–H and O–H groups in total. The molecule has 9 heteroatoms. The van der Waals surface area contributed by atoms with E-state index in [1.165, 1.54) is 12.7 Å². The summed E-state index contributed by atoms with van der Waals surface area (Å²) in [5.41, 5.74) is 4.49. The van der Waals surface area contributed by atoms with Crippen LogP contribution in [-0.4, -0.2) is 20.7 Å². The molecule has 3 aromatic carbocycles. The van der Waals surface area contributed by atoms with Gasteiger partial charge in [0.2, 0.25) is 5.82 Å². The number of fused-ring (bicyclic) bond motifs is 1. The number of ether oxygens (including phenoxy) is 1. The number of anilines is 1. The number of hydrogen-bond acceptors (Lipinski definition) is 6. The normalized spacial score (nSPS) is 11.7. The van der Waals surface area contributed by atoms with Gasteiger partial charge < -0.3 is 9.26 Å². The van der Waals surface area contributed by atoms with Gasteiger partial charge in [-0.2, -0.15) is 8.42 Å². The minimum atomic E-state index is -4.26. The van der Waals surface area contributed by atoms with Crippen LogP contribution >= 0.6 is 15.9 Å². The molecule has 0 amide bonds. The van der Waals surface area contributed by atoms with Crippen LogP contribution in [0.4, 0.5) is 5.82 Å². The molecule has 7 nitrogen and oxygen atoms in total. The molecule has 4 aromatic rings. The number of sulfonamides is 1. The lowest BCUT2D eigenvalue weighted by molar-refractivity contribution is 0.132. The van der Waals surface area contributed by atoms with Crippen LogP contribution in [0, 0.1) is 0 Å². The van der Waals surface area contributed by atoms with Crippen molar-refractivity contribution >= 4 is 42.7 Å². The fraction of sp³-hybridized carbons (Fsp3) is 0.296. The van der Waals surface area contributed by atoms with Crippen LogP contribution in [0.25, 0.3) is 11.0 Å². The first-order valence-electron chi connectivity index (χ1n) is 11.8. The van der Waals surface area contributed by atoms with Gasteiger partial charge in [0, 0.05) is 0 Å². The minimum Gasteiger partial charge on any atom is -0.495 e. The lowest BCUT2D eigenvalue weighted by Crippen LogP contribution is -2.32. The lowest BCUT2D eigenvalue weighted by atomic mass is 10.0. The first kappa shape index (κ1) is 26.2. The SMILES string of the molecule is CCc1ccc(CON(c2noc3c(Br)cccc23)S(=O)(=O)c2cc(CC)ccc2OC)c(CC)c1. The van der Waals surface area contributed by atoms with E-state index in [2.05, 4.69) is 41.0 Å². The number of nitrogens with zero attached hydrogens (tertiary/aromatic N) is 2. The van der Waals surface area contributed by atoms with Crippen molar-refractivity contribution in [2.75, 3.05) is 11.6 Å². The van der Waals surface area contributed by atoms with Gasteiger partial charge in [0.25, 0.3) is 10.0 Å². The number of aromatic nitrogens is 1. The zero-order valence-electron chi connectivity index (χ0n) is 20.7. The van der Waals surface area contributed by atoms with Crippen molar-refractivity contribution in [1.82, 2.24) is 5.16 Å². The Hall–Kier alpha value is -2.88. The number of hydrogen-bond donors (Lipinski definition) is 0. The van der Waals surface area contributed by atoms with Gasteiger partial charge in [-0.1, -0.05) is 56.3 Å². The van der Waals surface area contributed by atoms with Gasteiger partial charge in [-0.3, -0.25) is 4.84 Å². The molecule has 36 heavy (non-hydrogen) atoms. The first-order valence-corrected chi connectivity index (χ1v) is 14.1. The zero-order chi connectivity index (χ0) is 25.9. The Bertz CT molecular complexity index is 1480. The Morgan fingerprint density at radius 2 is 1.67 bits per heavy atom. The molecule has 0 aliphatic heterocycles. The average Bonchev–Trinajstić information content (AvgIpc) is 3.33. The van der Waals surface area contributed by atoms with E-state index in [0.29, 0.717) is 21.9 Å². The monoisotopic (exact) mass is 572 g/mol. The number of methoxy groups -OCH3 is 1. The molecule has 0 saturated carbocycles. The molecule has 0 unspecified atom stereocenters. The minimum absolute atomic E-state index is 0.00690. The summed E-state index contributed by atoms with van der Waals surface area (Å²) in [6.07, 6.45) is 2.38. The molecule has 0 radical (unpaired) electrons. The molecular formula is C27H29BrN2O5S. The van der Waals surface area contributed by atoms with Gasteiger partial charge in [0.1, 0.15) is 17.3 Å². The Morgan fingerprint density at radius 1 is 0.944 bits per heavy atom. The largest absolute Gasteiger partial charge is 0.495 e. The second-order valence-corrected chi connectivity index (χ2v) is 10.9. The van der Waals surface area contributed by atoms with E-state index in [9.17, 15) is 8.42 Å². The number of aryl methyl sites for hydroxylation is 3. The molecule has 0 aliphatic rings. The number of para-hydroxylation sites is 1. The van der Waals surface area contributed by atoms with Crippen molar-refractivity contribution in [1.29, 1.82) is 0 Å². The van der Waals surface area contributed by atoms with Gasteiger partial charge in [-0.25, -0.2) is 0 Å². The summed E-state index contributed by atoms with van der Waals surface area (Å²) in [6.45, 7) is 6.16. The summed E-state index contributed by atoms with van der Waals surface area (Å²) < 4.78 is 40.7. The molecule has 0 bridgehead atoms. The highest BCUT2D eigenvalue weighted by Crippen LogP contribution is 2.37. The summed E-state index contributed by atoms with van der Waals surface area (Å²) in [5, 5.41) is 4.60. The third-order valence-electron chi connectivity index (χ3n) is 6.13.